The zero-order valence-electron chi connectivity index (χ0n) is 14.9. The number of hydrogen-bond donors (Lipinski definition) is 1. The summed E-state index contributed by atoms with van der Waals surface area (Å²) in [5.74, 6) is -0.174. The van der Waals surface area contributed by atoms with Gasteiger partial charge in [0, 0.05) is 18.0 Å². The average Bonchev–Trinajstić information content (AvgIpc) is 3.33. The van der Waals surface area contributed by atoms with Gasteiger partial charge in [0.2, 0.25) is 5.91 Å². The Kier molecular flexibility index (Phi) is 3.83. The number of rotatable bonds is 4. The molecule has 0 radical (unpaired) electrons. The Balaban J connectivity index is 1.43. The van der Waals surface area contributed by atoms with Gasteiger partial charge < -0.3 is 9.72 Å². The molecule has 0 atom stereocenters. The van der Waals surface area contributed by atoms with Crippen molar-refractivity contribution in [1.82, 2.24) is 24.4 Å². The van der Waals surface area contributed by atoms with E-state index in [4.69, 9.17) is 0 Å². The van der Waals surface area contributed by atoms with Gasteiger partial charge in [-0.2, -0.15) is 0 Å². The van der Waals surface area contributed by atoms with E-state index in [2.05, 4.69) is 20.6 Å². The van der Waals surface area contributed by atoms with E-state index in [0.717, 1.165) is 27.9 Å². The van der Waals surface area contributed by atoms with Crippen LogP contribution in [0, 0.1) is 0 Å². The Morgan fingerprint density at radius 3 is 2.71 bits per heavy atom. The van der Waals surface area contributed by atoms with Crippen molar-refractivity contribution >= 4 is 28.3 Å². The quantitative estimate of drug-likeness (QED) is 0.527. The largest absolute Gasteiger partial charge is 0.324 e. The van der Waals surface area contributed by atoms with Crippen LogP contribution in [-0.4, -0.2) is 30.3 Å². The van der Waals surface area contributed by atoms with Crippen LogP contribution in [0.1, 0.15) is 0 Å². The van der Waals surface area contributed by atoms with Gasteiger partial charge in [-0.15, -0.1) is 5.10 Å². The molecular formula is C21H16N6O. The molecule has 7 heteroatoms. The van der Waals surface area contributed by atoms with E-state index in [1.54, 1.807) is 4.68 Å². The second-order valence-corrected chi connectivity index (χ2v) is 6.42. The fraction of sp³-hybridized carbons (Fsp3) is 0.0476. The monoisotopic (exact) mass is 368 g/mol. The summed E-state index contributed by atoms with van der Waals surface area (Å²) in [6.07, 6.45) is 3.90. The van der Waals surface area contributed by atoms with Crippen LogP contribution < -0.4 is 5.32 Å². The summed E-state index contributed by atoms with van der Waals surface area (Å²) in [7, 11) is 0. The number of hydrogen-bond acceptors (Lipinski definition) is 4. The van der Waals surface area contributed by atoms with Crippen molar-refractivity contribution in [3.05, 3.63) is 79.1 Å². The summed E-state index contributed by atoms with van der Waals surface area (Å²) >= 11 is 0. The number of nitrogens with zero attached hydrogens (tertiary/aromatic N) is 5. The molecule has 2 aromatic carbocycles. The van der Waals surface area contributed by atoms with Crippen LogP contribution in [-0.2, 0) is 11.3 Å². The van der Waals surface area contributed by atoms with E-state index in [-0.39, 0.29) is 12.5 Å². The molecule has 0 saturated heterocycles. The summed E-state index contributed by atoms with van der Waals surface area (Å²) in [6, 6.07) is 21.0. The van der Waals surface area contributed by atoms with Crippen molar-refractivity contribution < 1.29 is 4.79 Å². The third kappa shape index (κ3) is 2.88. The first-order chi connectivity index (χ1) is 13.8. The first kappa shape index (κ1) is 16.2. The normalized spacial score (nSPS) is 11.1. The van der Waals surface area contributed by atoms with E-state index in [9.17, 15) is 4.79 Å². The van der Waals surface area contributed by atoms with Crippen molar-refractivity contribution in [2.24, 2.45) is 0 Å². The van der Waals surface area contributed by atoms with Crippen molar-refractivity contribution in [2.75, 3.05) is 5.32 Å². The molecular weight excluding hydrogens is 352 g/mol. The highest BCUT2D eigenvalue weighted by molar-refractivity contribution is 5.95. The van der Waals surface area contributed by atoms with Gasteiger partial charge in [0.15, 0.2) is 0 Å². The van der Waals surface area contributed by atoms with Crippen molar-refractivity contribution in [1.29, 1.82) is 0 Å². The summed E-state index contributed by atoms with van der Waals surface area (Å²) in [4.78, 5) is 17.3. The highest BCUT2D eigenvalue weighted by Gasteiger charge is 2.13. The first-order valence-electron chi connectivity index (χ1n) is 8.89. The number of nitrogens with one attached hydrogen (secondary N) is 1. The van der Waals surface area contributed by atoms with E-state index < -0.39 is 0 Å². The molecule has 0 unspecified atom stereocenters. The van der Waals surface area contributed by atoms with E-state index in [1.807, 2.05) is 83.5 Å². The lowest BCUT2D eigenvalue weighted by molar-refractivity contribution is -0.116. The van der Waals surface area contributed by atoms with Crippen LogP contribution in [0.5, 0.6) is 0 Å². The minimum atomic E-state index is -0.174. The van der Waals surface area contributed by atoms with Crippen LogP contribution in [0.3, 0.4) is 0 Å². The number of para-hydroxylation sites is 2. The zero-order valence-corrected chi connectivity index (χ0v) is 14.9. The summed E-state index contributed by atoms with van der Waals surface area (Å²) in [5.41, 5.74) is 4.82. The lowest BCUT2D eigenvalue weighted by atomic mass is 10.1. The number of anilines is 1. The smallest absolute Gasteiger partial charge is 0.246 e. The number of fused-ring (bicyclic) bond motifs is 2. The molecule has 5 rings (SSSR count). The van der Waals surface area contributed by atoms with Gasteiger partial charge in [-0.05, 0) is 30.3 Å². The van der Waals surface area contributed by atoms with Crippen molar-refractivity contribution in [3.8, 4) is 11.3 Å². The Morgan fingerprint density at radius 1 is 0.964 bits per heavy atom. The van der Waals surface area contributed by atoms with Gasteiger partial charge in [0.05, 0.1) is 16.9 Å². The molecule has 0 bridgehead atoms. The molecule has 0 spiro atoms. The maximum absolute atomic E-state index is 12.7. The van der Waals surface area contributed by atoms with Gasteiger partial charge in [0.25, 0.3) is 0 Å². The number of imidazole rings is 1. The maximum atomic E-state index is 12.7. The van der Waals surface area contributed by atoms with Crippen LogP contribution in [0.25, 0.3) is 27.9 Å². The number of carbonyl (C=O) groups excluding carboxylic acids is 1. The van der Waals surface area contributed by atoms with Gasteiger partial charge >= 0.3 is 0 Å². The molecule has 0 saturated carbocycles. The maximum Gasteiger partial charge on any atom is 0.246 e. The van der Waals surface area contributed by atoms with Crippen LogP contribution in [0.4, 0.5) is 5.69 Å². The molecule has 1 amide bonds. The minimum Gasteiger partial charge on any atom is -0.324 e. The molecule has 5 aromatic rings. The fourth-order valence-electron chi connectivity index (χ4n) is 3.24. The molecule has 0 aliphatic heterocycles. The van der Waals surface area contributed by atoms with Gasteiger partial charge in [-0.25, -0.2) is 9.67 Å². The highest BCUT2D eigenvalue weighted by atomic mass is 16.2. The average molecular weight is 368 g/mol. The predicted octanol–water partition coefficient (Wildman–Crippen LogP) is 3.38. The van der Waals surface area contributed by atoms with E-state index in [0.29, 0.717) is 5.69 Å². The molecule has 7 nitrogen and oxygen atoms in total. The SMILES string of the molecule is O=C(Cn1nnc2ccccc21)Nc1ccccc1-c1cn2ccccc2n1. The van der Waals surface area contributed by atoms with E-state index >= 15 is 0 Å². The lowest BCUT2D eigenvalue weighted by Gasteiger charge is -2.09. The predicted molar refractivity (Wildman–Crippen MR) is 107 cm³/mol. The zero-order chi connectivity index (χ0) is 18.9. The first-order valence-corrected chi connectivity index (χ1v) is 8.89. The second kappa shape index (κ2) is 6.62. The van der Waals surface area contributed by atoms with Gasteiger partial charge in [-0.3, -0.25) is 4.79 Å². The molecule has 3 heterocycles. The molecule has 28 heavy (non-hydrogen) atoms. The third-order valence-electron chi connectivity index (χ3n) is 4.55. The Labute approximate surface area is 160 Å². The molecule has 0 fully saturated rings. The Hall–Kier alpha value is -4.00. The fourth-order valence-corrected chi connectivity index (χ4v) is 3.24. The molecule has 3 aromatic heterocycles. The lowest BCUT2D eigenvalue weighted by Crippen LogP contribution is -2.20. The topological polar surface area (TPSA) is 77.1 Å². The summed E-state index contributed by atoms with van der Waals surface area (Å²) < 4.78 is 3.55. The highest BCUT2D eigenvalue weighted by Crippen LogP contribution is 2.27. The Morgan fingerprint density at radius 2 is 1.79 bits per heavy atom. The third-order valence-corrected chi connectivity index (χ3v) is 4.55. The minimum absolute atomic E-state index is 0.0833. The van der Waals surface area contributed by atoms with Crippen molar-refractivity contribution in [2.45, 2.75) is 6.54 Å². The summed E-state index contributed by atoms with van der Waals surface area (Å²) in [5, 5.41) is 11.1. The molecule has 1 N–H and O–H groups in total. The number of pyridine rings is 1. The van der Waals surface area contributed by atoms with Gasteiger partial charge in [-0.1, -0.05) is 41.6 Å². The Bertz CT molecular complexity index is 1270. The second-order valence-electron chi connectivity index (χ2n) is 6.42. The number of aromatic nitrogens is 5. The molecule has 0 aliphatic rings. The standard InChI is InChI=1S/C21H16N6O/c28-21(14-27-19-10-4-3-9-17(19)24-25-27)23-16-8-2-1-7-15(16)18-13-26-12-6-5-11-20(26)22-18/h1-13H,14H2,(H,23,28). The summed E-state index contributed by atoms with van der Waals surface area (Å²) in [6.45, 7) is 0.0833. The van der Waals surface area contributed by atoms with Crippen LogP contribution in [0.2, 0.25) is 0 Å². The molecule has 136 valence electrons. The molecule has 0 aliphatic carbocycles. The van der Waals surface area contributed by atoms with E-state index in [1.165, 1.54) is 0 Å². The van der Waals surface area contributed by atoms with Crippen LogP contribution >= 0.6 is 0 Å². The van der Waals surface area contributed by atoms with Crippen molar-refractivity contribution in [3.63, 3.8) is 0 Å². The number of carbonyl (C=O) groups is 1. The van der Waals surface area contributed by atoms with Crippen LogP contribution in [0.15, 0.2) is 79.1 Å². The van der Waals surface area contributed by atoms with Gasteiger partial charge in [0.1, 0.15) is 17.7 Å². The number of amides is 1. The number of benzene rings is 2.